The van der Waals surface area contributed by atoms with E-state index in [4.69, 9.17) is 21.1 Å². The van der Waals surface area contributed by atoms with E-state index in [-0.39, 0.29) is 5.28 Å². The van der Waals surface area contributed by atoms with E-state index in [1.54, 1.807) is 0 Å². The molecule has 0 atom stereocenters. The maximum Gasteiger partial charge on any atom is 0.243 e. The Kier molecular flexibility index (Phi) is 6.60. The number of nitrogens with zero attached hydrogens (tertiary/aromatic N) is 3. The second kappa shape index (κ2) is 9.33. The van der Waals surface area contributed by atoms with Gasteiger partial charge in [0.25, 0.3) is 0 Å². The minimum Gasteiger partial charge on any atom is -0.494 e. The Bertz CT molecular complexity index is 868. The van der Waals surface area contributed by atoms with Gasteiger partial charge < -0.3 is 9.47 Å². The number of halogens is 1. The Morgan fingerprint density at radius 1 is 0.704 bits per heavy atom. The number of hydrogen-bond donors (Lipinski definition) is 0. The molecule has 0 aliphatic heterocycles. The van der Waals surface area contributed by atoms with Gasteiger partial charge in [0, 0.05) is 11.1 Å². The van der Waals surface area contributed by atoms with Gasteiger partial charge in [-0.2, -0.15) is 0 Å². The molecule has 0 saturated heterocycles. The number of hydrogen-bond acceptors (Lipinski definition) is 5. The number of rotatable bonds is 8. The molecule has 27 heavy (non-hydrogen) atoms. The van der Waals surface area contributed by atoms with E-state index in [0.29, 0.717) is 24.6 Å². The molecule has 0 bridgehead atoms. The molecule has 0 fully saturated rings. The third kappa shape index (κ3) is 4.95. The van der Waals surface area contributed by atoms with Gasteiger partial charge in [-0.15, -0.1) is 10.2 Å². The lowest BCUT2D eigenvalue weighted by Gasteiger charge is -2.10. The van der Waals surface area contributed by atoms with E-state index in [2.05, 4.69) is 29.0 Å². The molecular weight excluding hydrogens is 362 g/mol. The van der Waals surface area contributed by atoms with Crippen LogP contribution in [0.25, 0.3) is 22.5 Å². The van der Waals surface area contributed by atoms with E-state index in [9.17, 15) is 0 Å². The summed E-state index contributed by atoms with van der Waals surface area (Å²) in [6, 6.07) is 15.5. The van der Waals surface area contributed by atoms with E-state index >= 15 is 0 Å². The van der Waals surface area contributed by atoms with Crippen LogP contribution in [-0.2, 0) is 0 Å². The molecule has 0 aliphatic carbocycles. The summed E-state index contributed by atoms with van der Waals surface area (Å²) in [5.74, 6) is 1.65. The van der Waals surface area contributed by atoms with Crippen LogP contribution in [0.2, 0.25) is 5.28 Å². The SMILES string of the molecule is CCCOc1ccc(-c2nnc(Cl)nc2-c2ccc(OCCC)cc2)cc1. The fourth-order valence-electron chi connectivity index (χ4n) is 2.56. The summed E-state index contributed by atoms with van der Waals surface area (Å²) in [4.78, 5) is 4.40. The van der Waals surface area contributed by atoms with Gasteiger partial charge in [0.1, 0.15) is 22.9 Å². The fourth-order valence-corrected chi connectivity index (χ4v) is 2.68. The van der Waals surface area contributed by atoms with Crippen molar-refractivity contribution in [2.45, 2.75) is 26.7 Å². The normalized spacial score (nSPS) is 10.6. The first kappa shape index (κ1) is 19.1. The van der Waals surface area contributed by atoms with Crippen LogP contribution in [0.3, 0.4) is 0 Å². The van der Waals surface area contributed by atoms with Crippen molar-refractivity contribution in [2.24, 2.45) is 0 Å². The second-order valence-electron chi connectivity index (χ2n) is 6.02. The van der Waals surface area contributed by atoms with Crippen molar-refractivity contribution in [3.05, 3.63) is 53.8 Å². The Hall–Kier alpha value is -2.66. The molecule has 0 amide bonds. The second-order valence-corrected chi connectivity index (χ2v) is 6.36. The van der Waals surface area contributed by atoms with Crippen LogP contribution in [0.1, 0.15) is 26.7 Å². The third-order valence-corrected chi connectivity index (χ3v) is 4.02. The Labute approximate surface area is 164 Å². The predicted octanol–water partition coefficient (Wildman–Crippen LogP) is 5.44. The highest BCUT2D eigenvalue weighted by atomic mass is 35.5. The molecule has 0 saturated carbocycles. The minimum absolute atomic E-state index is 0.114. The quantitative estimate of drug-likeness (QED) is 0.518. The molecule has 140 valence electrons. The maximum atomic E-state index is 6.01. The van der Waals surface area contributed by atoms with Crippen LogP contribution in [0, 0.1) is 0 Å². The number of aromatic nitrogens is 3. The van der Waals surface area contributed by atoms with Crippen molar-refractivity contribution >= 4 is 11.6 Å². The first-order valence-corrected chi connectivity index (χ1v) is 9.45. The zero-order valence-corrected chi connectivity index (χ0v) is 16.2. The van der Waals surface area contributed by atoms with Crippen LogP contribution in [0.5, 0.6) is 11.5 Å². The van der Waals surface area contributed by atoms with E-state index < -0.39 is 0 Å². The number of ether oxygens (including phenoxy) is 2. The monoisotopic (exact) mass is 383 g/mol. The molecule has 0 spiro atoms. The third-order valence-electron chi connectivity index (χ3n) is 3.86. The number of benzene rings is 2. The fraction of sp³-hybridized carbons (Fsp3) is 0.286. The van der Waals surface area contributed by atoms with Crippen molar-refractivity contribution in [2.75, 3.05) is 13.2 Å². The summed E-state index contributed by atoms with van der Waals surface area (Å²) in [6.45, 7) is 5.54. The average Bonchev–Trinajstić information content (AvgIpc) is 2.71. The summed E-state index contributed by atoms with van der Waals surface area (Å²) in [5.41, 5.74) is 3.15. The van der Waals surface area contributed by atoms with Crippen molar-refractivity contribution in [1.82, 2.24) is 15.2 Å². The highest BCUT2D eigenvalue weighted by Gasteiger charge is 2.13. The molecule has 0 unspecified atom stereocenters. The maximum absolute atomic E-state index is 6.01. The molecule has 0 aliphatic rings. The van der Waals surface area contributed by atoms with Crippen LogP contribution >= 0.6 is 11.6 Å². The first-order valence-electron chi connectivity index (χ1n) is 9.08. The zero-order valence-electron chi connectivity index (χ0n) is 15.5. The average molecular weight is 384 g/mol. The lowest BCUT2D eigenvalue weighted by atomic mass is 10.0. The van der Waals surface area contributed by atoms with Crippen LogP contribution in [-0.4, -0.2) is 28.4 Å². The van der Waals surface area contributed by atoms with Crippen molar-refractivity contribution in [3.8, 4) is 34.0 Å². The summed E-state index contributed by atoms with van der Waals surface area (Å²) >= 11 is 6.01. The molecule has 3 rings (SSSR count). The topological polar surface area (TPSA) is 57.1 Å². The Morgan fingerprint density at radius 2 is 1.19 bits per heavy atom. The molecule has 0 N–H and O–H groups in total. The summed E-state index contributed by atoms with van der Waals surface area (Å²) in [7, 11) is 0. The standard InChI is InChI=1S/C21H22ClN3O2/c1-3-13-26-17-9-5-15(6-10-17)19-20(24-25-21(22)23-19)16-7-11-18(12-8-16)27-14-4-2/h5-12H,3-4,13-14H2,1-2H3. The van der Waals surface area contributed by atoms with Gasteiger partial charge in [0.05, 0.1) is 13.2 Å². The lowest BCUT2D eigenvalue weighted by Crippen LogP contribution is -1.99. The summed E-state index contributed by atoms with van der Waals surface area (Å²) in [5, 5.41) is 8.31. The summed E-state index contributed by atoms with van der Waals surface area (Å²) in [6.07, 6.45) is 1.94. The molecule has 1 heterocycles. The van der Waals surface area contributed by atoms with Gasteiger partial charge in [-0.3, -0.25) is 0 Å². The van der Waals surface area contributed by atoms with E-state index in [1.165, 1.54) is 0 Å². The Morgan fingerprint density at radius 3 is 1.67 bits per heavy atom. The molecule has 5 nitrogen and oxygen atoms in total. The molecule has 6 heteroatoms. The molecule has 0 radical (unpaired) electrons. The largest absolute Gasteiger partial charge is 0.494 e. The van der Waals surface area contributed by atoms with Crippen molar-refractivity contribution < 1.29 is 9.47 Å². The molecule has 1 aromatic heterocycles. The first-order chi connectivity index (χ1) is 13.2. The molecule has 2 aromatic carbocycles. The smallest absolute Gasteiger partial charge is 0.243 e. The predicted molar refractivity (Wildman–Crippen MR) is 107 cm³/mol. The van der Waals surface area contributed by atoms with Gasteiger partial charge >= 0.3 is 0 Å². The van der Waals surface area contributed by atoms with Crippen LogP contribution < -0.4 is 9.47 Å². The van der Waals surface area contributed by atoms with Gasteiger partial charge in [-0.05, 0) is 73.0 Å². The van der Waals surface area contributed by atoms with Gasteiger partial charge in [-0.1, -0.05) is 13.8 Å². The highest BCUT2D eigenvalue weighted by Crippen LogP contribution is 2.31. The summed E-state index contributed by atoms with van der Waals surface area (Å²) < 4.78 is 11.3. The lowest BCUT2D eigenvalue weighted by molar-refractivity contribution is 0.317. The molecular formula is C21H22ClN3O2. The van der Waals surface area contributed by atoms with E-state index in [1.807, 2.05) is 48.5 Å². The minimum atomic E-state index is 0.114. The Balaban J connectivity index is 1.91. The van der Waals surface area contributed by atoms with Gasteiger partial charge in [0.15, 0.2) is 0 Å². The van der Waals surface area contributed by atoms with Crippen LogP contribution in [0.4, 0.5) is 0 Å². The molecule has 3 aromatic rings. The zero-order chi connectivity index (χ0) is 19.1. The van der Waals surface area contributed by atoms with Crippen molar-refractivity contribution in [3.63, 3.8) is 0 Å². The van der Waals surface area contributed by atoms with Gasteiger partial charge in [-0.25, -0.2) is 4.98 Å². The van der Waals surface area contributed by atoms with E-state index in [0.717, 1.165) is 35.5 Å². The highest BCUT2D eigenvalue weighted by molar-refractivity contribution is 6.28. The van der Waals surface area contributed by atoms with Gasteiger partial charge in [0.2, 0.25) is 5.28 Å². The van der Waals surface area contributed by atoms with Crippen LogP contribution in [0.15, 0.2) is 48.5 Å². The van der Waals surface area contributed by atoms with Crippen molar-refractivity contribution in [1.29, 1.82) is 0 Å².